The fourth-order valence-corrected chi connectivity index (χ4v) is 1.83. The van der Waals surface area contributed by atoms with Gasteiger partial charge in [-0.1, -0.05) is 11.6 Å². The minimum atomic E-state index is -1.45. The van der Waals surface area contributed by atoms with Gasteiger partial charge in [0.25, 0.3) is 0 Å². The molecule has 5 nitrogen and oxygen atoms in total. The van der Waals surface area contributed by atoms with Crippen LogP contribution in [0.1, 0.15) is 25.0 Å². The Labute approximate surface area is 116 Å². The Morgan fingerprint density at radius 2 is 2.11 bits per heavy atom. The van der Waals surface area contributed by atoms with Crippen molar-refractivity contribution in [3.63, 3.8) is 0 Å². The quantitative estimate of drug-likeness (QED) is 0.787. The highest BCUT2D eigenvalue weighted by molar-refractivity contribution is 6.32. The number of nitrogens with zero attached hydrogens (tertiary/aromatic N) is 1. The molecule has 1 aromatic rings. The van der Waals surface area contributed by atoms with Crippen LogP contribution in [-0.2, 0) is 4.79 Å². The lowest BCUT2D eigenvalue weighted by atomic mass is 9.98. The molecule has 0 fully saturated rings. The highest BCUT2D eigenvalue weighted by Crippen LogP contribution is 2.28. The van der Waals surface area contributed by atoms with Gasteiger partial charge in [-0.15, -0.1) is 0 Å². The van der Waals surface area contributed by atoms with Gasteiger partial charge in [-0.25, -0.2) is 4.79 Å². The summed E-state index contributed by atoms with van der Waals surface area (Å²) in [4.78, 5) is 11.2. The molecule has 1 aromatic carbocycles. The molecular weight excluding hydrogens is 268 g/mol. The summed E-state index contributed by atoms with van der Waals surface area (Å²) in [7, 11) is 0. The number of carboxylic acids is 1. The molecular formula is C13H15ClN2O3. The van der Waals surface area contributed by atoms with Crippen molar-refractivity contribution in [1.29, 1.82) is 5.26 Å². The molecule has 0 heterocycles. The number of hydrogen-bond donors (Lipinski definition) is 3. The lowest BCUT2D eigenvalue weighted by molar-refractivity contribution is -0.142. The van der Waals surface area contributed by atoms with Crippen molar-refractivity contribution in [2.24, 2.45) is 0 Å². The highest BCUT2D eigenvalue weighted by atomic mass is 35.5. The summed E-state index contributed by atoms with van der Waals surface area (Å²) < 4.78 is 0. The number of nitrogens with one attached hydrogen (secondary N) is 1. The Bertz CT molecular complexity index is 544. The van der Waals surface area contributed by atoms with Gasteiger partial charge in [0.15, 0.2) is 6.04 Å². The number of nitriles is 1. The van der Waals surface area contributed by atoms with E-state index in [-0.39, 0.29) is 5.02 Å². The summed E-state index contributed by atoms with van der Waals surface area (Å²) in [6.45, 7) is 4.48. The Balaban J connectivity index is 3.16. The highest BCUT2D eigenvalue weighted by Gasteiger charge is 2.33. The Kier molecular flexibility index (Phi) is 4.40. The summed E-state index contributed by atoms with van der Waals surface area (Å²) >= 11 is 6.00. The summed E-state index contributed by atoms with van der Waals surface area (Å²) in [5.41, 5.74) is -0.0897. The van der Waals surface area contributed by atoms with E-state index in [0.29, 0.717) is 16.8 Å². The van der Waals surface area contributed by atoms with Crippen molar-refractivity contribution in [3.8, 4) is 6.07 Å². The number of carboxylic acid groups (broad SMARTS) is 1. The molecule has 6 heteroatoms. The van der Waals surface area contributed by atoms with Crippen LogP contribution >= 0.6 is 11.6 Å². The van der Waals surface area contributed by atoms with Crippen LogP contribution in [-0.4, -0.2) is 27.8 Å². The van der Waals surface area contributed by atoms with Gasteiger partial charge >= 0.3 is 5.97 Å². The number of aliphatic carboxylic acids is 1. The van der Waals surface area contributed by atoms with Gasteiger partial charge in [0.2, 0.25) is 0 Å². The van der Waals surface area contributed by atoms with E-state index in [4.69, 9.17) is 22.0 Å². The van der Waals surface area contributed by atoms with Gasteiger partial charge in [-0.05, 0) is 38.5 Å². The molecule has 19 heavy (non-hydrogen) atoms. The number of halogens is 1. The fourth-order valence-electron chi connectivity index (χ4n) is 1.62. The number of aliphatic hydroxyl groups is 1. The second-order valence-corrected chi connectivity index (χ2v) is 5.16. The second-order valence-electron chi connectivity index (χ2n) is 4.78. The van der Waals surface area contributed by atoms with Crippen LogP contribution in [0.15, 0.2) is 12.1 Å². The second kappa shape index (κ2) is 5.47. The van der Waals surface area contributed by atoms with E-state index in [1.54, 1.807) is 13.0 Å². The Hall–Kier alpha value is -1.77. The molecule has 3 N–H and O–H groups in total. The molecule has 0 radical (unpaired) electrons. The van der Waals surface area contributed by atoms with Crippen molar-refractivity contribution in [2.45, 2.75) is 32.4 Å². The fraction of sp³-hybridized carbons (Fsp3) is 0.385. The van der Waals surface area contributed by atoms with Crippen molar-refractivity contribution in [2.75, 3.05) is 5.32 Å². The van der Waals surface area contributed by atoms with E-state index >= 15 is 0 Å². The molecule has 0 bridgehead atoms. The third-order valence-corrected chi connectivity index (χ3v) is 3.25. The van der Waals surface area contributed by atoms with Gasteiger partial charge in [-0.3, -0.25) is 0 Å². The molecule has 0 spiro atoms. The van der Waals surface area contributed by atoms with Crippen LogP contribution < -0.4 is 5.32 Å². The zero-order valence-electron chi connectivity index (χ0n) is 10.9. The van der Waals surface area contributed by atoms with E-state index in [1.165, 1.54) is 19.9 Å². The van der Waals surface area contributed by atoms with Gasteiger partial charge in [0, 0.05) is 5.69 Å². The van der Waals surface area contributed by atoms with Gasteiger partial charge in [0.05, 0.1) is 16.2 Å². The summed E-state index contributed by atoms with van der Waals surface area (Å²) in [5, 5.41) is 30.8. The van der Waals surface area contributed by atoms with Gasteiger partial charge < -0.3 is 15.5 Å². The monoisotopic (exact) mass is 282 g/mol. The van der Waals surface area contributed by atoms with Crippen LogP contribution in [0, 0.1) is 18.3 Å². The molecule has 0 amide bonds. The minimum absolute atomic E-state index is 0.271. The first-order valence-corrected chi connectivity index (χ1v) is 5.97. The maximum atomic E-state index is 11.2. The normalized spacial score (nSPS) is 12.6. The van der Waals surface area contributed by atoms with E-state index in [2.05, 4.69) is 5.32 Å². The number of benzene rings is 1. The lowest BCUT2D eigenvalue weighted by Gasteiger charge is -2.28. The van der Waals surface area contributed by atoms with Crippen LogP contribution in [0.25, 0.3) is 0 Å². The standard InChI is InChI=1S/C13H15ClN2O3/c1-7-9(5-4-8(6-15)10(7)14)16-11(12(17)18)13(2,3)19/h4-5,11,16,19H,1-3H3,(H,17,18). The SMILES string of the molecule is Cc1c(NC(C(=O)O)C(C)(C)O)ccc(C#N)c1Cl. The molecule has 1 rings (SSSR count). The molecule has 0 aliphatic heterocycles. The van der Waals surface area contributed by atoms with Crippen LogP contribution in [0.5, 0.6) is 0 Å². The van der Waals surface area contributed by atoms with Gasteiger partial charge in [0.1, 0.15) is 6.07 Å². The molecule has 1 unspecified atom stereocenters. The molecule has 0 aromatic heterocycles. The van der Waals surface area contributed by atoms with Gasteiger partial charge in [-0.2, -0.15) is 5.26 Å². The molecule has 0 saturated carbocycles. The largest absolute Gasteiger partial charge is 0.480 e. The van der Waals surface area contributed by atoms with Crippen molar-refractivity contribution >= 4 is 23.3 Å². The third kappa shape index (κ3) is 3.37. The lowest BCUT2D eigenvalue weighted by Crippen LogP contribution is -2.47. The maximum Gasteiger partial charge on any atom is 0.329 e. The minimum Gasteiger partial charge on any atom is -0.480 e. The average molecular weight is 283 g/mol. The molecule has 0 saturated heterocycles. The van der Waals surface area contributed by atoms with E-state index in [0.717, 1.165) is 0 Å². The van der Waals surface area contributed by atoms with Crippen molar-refractivity contribution in [3.05, 3.63) is 28.3 Å². The van der Waals surface area contributed by atoms with E-state index < -0.39 is 17.6 Å². The van der Waals surface area contributed by atoms with Crippen LogP contribution in [0.3, 0.4) is 0 Å². The van der Waals surface area contributed by atoms with Crippen molar-refractivity contribution in [1.82, 2.24) is 0 Å². The number of anilines is 1. The smallest absolute Gasteiger partial charge is 0.329 e. The maximum absolute atomic E-state index is 11.2. The van der Waals surface area contributed by atoms with E-state index in [1.807, 2.05) is 6.07 Å². The van der Waals surface area contributed by atoms with Crippen LogP contribution in [0.2, 0.25) is 5.02 Å². The van der Waals surface area contributed by atoms with E-state index in [9.17, 15) is 9.90 Å². The Morgan fingerprint density at radius 3 is 2.53 bits per heavy atom. The van der Waals surface area contributed by atoms with Crippen molar-refractivity contribution < 1.29 is 15.0 Å². The average Bonchev–Trinajstić information content (AvgIpc) is 2.29. The summed E-state index contributed by atoms with van der Waals surface area (Å²) in [6.07, 6.45) is 0. The third-order valence-electron chi connectivity index (χ3n) is 2.76. The molecule has 0 aliphatic carbocycles. The number of rotatable bonds is 4. The first-order chi connectivity index (χ1) is 8.68. The first kappa shape index (κ1) is 15.3. The predicted molar refractivity (Wildman–Crippen MR) is 72.2 cm³/mol. The predicted octanol–water partition coefficient (Wildman–Crippen LogP) is 2.16. The topological polar surface area (TPSA) is 93.3 Å². The Morgan fingerprint density at radius 1 is 1.53 bits per heavy atom. The number of hydrogen-bond acceptors (Lipinski definition) is 4. The molecule has 0 aliphatic rings. The van der Waals surface area contributed by atoms with Crippen LogP contribution in [0.4, 0.5) is 5.69 Å². The zero-order valence-corrected chi connectivity index (χ0v) is 11.6. The zero-order chi connectivity index (χ0) is 14.8. The molecule has 1 atom stereocenters. The summed E-state index contributed by atoms with van der Waals surface area (Å²) in [5.74, 6) is -1.17. The summed E-state index contributed by atoms with van der Waals surface area (Å²) in [6, 6.07) is 3.83. The first-order valence-electron chi connectivity index (χ1n) is 5.59. The number of carbonyl (C=O) groups is 1. The molecule has 102 valence electrons.